The molecule has 0 radical (unpaired) electrons. The van der Waals surface area contributed by atoms with Gasteiger partial charge in [-0.05, 0) is 6.42 Å². The van der Waals surface area contributed by atoms with E-state index in [2.05, 4.69) is 0 Å². The molecule has 0 aliphatic carbocycles. The van der Waals surface area contributed by atoms with Gasteiger partial charge in [0.15, 0.2) is 5.40 Å². The fourth-order valence-corrected chi connectivity index (χ4v) is 15.8. The first-order chi connectivity index (χ1) is 19.9. The normalized spacial score (nSPS) is 21.1. The van der Waals surface area contributed by atoms with Crippen molar-refractivity contribution in [2.45, 2.75) is 34.4 Å². The van der Waals surface area contributed by atoms with E-state index in [9.17, 15) is 115 Å². The zero-order valence-electron chi connectivity index (χ0n) is 22.3. The second-order valence-electron chi connectivity index (χ2n) is 9.56. The molecule has 36 heteroatoms. The van der Waals surface area contributed by atoms with E-state index < -0.39 is 132 Å². The quantitative estimate of drug-likeness (QED) is 0.0827. The average molecular weight is 840 g/mol. The second-order valence-corrected chi connectivity index (χ2v) is 24.7. The Balaban J connectivity index is 4.34. The van der Waals surface area contributed by atoms with Crippen LogP contribution in [0.1, 0.15) is 6.42 Å². The van der Waals surface area contributed by atoms with Crippen LogP contribution >= 0.6 is 60.8 Å². The summed E-state index contributed by atoms with van der Waals surface area (Å²) in [5.74, 6) is 0. The summed E-state index contributed by atoms with van der Waals surface area (Å²) in [6.07, 6.45) is -1.44. The van der Waals surface area contributed by atoms with Gasteiger partial charge in [0, 0.05) is 32.3 Å². The third kappa shape index (κ3) is 12.4. The first kappa shape index (κ1) is 45.1. The van der Waals surface area contributed by atoms with E-state index in [-0.39, 0.29) is 4.90 Å². The van der Waals surface area contributed by atoms with Gasteiger partial charge in [0.2, 0.25) is 16.6 Å². The highest BCUT2D eigenvalue weighted by Crippen LogP contribution is 2.67. The van der Waals surface area contributed by atoms with Gasteiger partial charge in [0.1, 0.15) is 0 Å². The lowest BCUT2D eigenvalue weighted by Crippen LogP contribution is -2.59. The third-order valence-electron chi connectivity index (χ3n) is 5.89. The summed E-state index contributed by atoms with van der Waals surface area (Å²) in [7, 11) is -49.8. The van der Waals surface area contributed by atoms with Gasteiger partial charge in [-0.25, -0.2) is 10.0 Å². The smallest absolute Gasteiger partial charge is 0.324 e. The zero-order chi connectivity index (χ0) is 36.9. The van der Waals surface area contributed by atoms with E-state index in [1.165, 1.54) is 0 Å². The molecule has 1 fully saturated rings. The Bertz CT molecular complexity index is 1280. The number of hydrazine groups is 1. The van der Waals surface area contributed by atoms with Crippen molar-refractivity contribution in [3.05, 3.63) is 0 Å². The standard InChI is InChI=1S/C10H32N4O24P8/c15-39(16,17)7(40(18,19)20)6-1-2-13(9(43(27,28)29)44(30,31)32)14(10(45(33,34)35)46(36,37)38)4-3-12(5-11-6)8(41(21,22)23)42(24,25)26/h6-11H,1-5H2,(H2,15,16,17)(H2,18,19,20)(H2,21,22,23)(H2,24,25,26)(H2,27,28,29)(H2,30,31,32)(H2,33,34,35)(H2,36,37,38). The van der Waals surface area contributed by atoms with Crippen molar-refractivity contribution in [1.82, 2.24) is 20.2 Å². The minimum atomic E-state index is -6.38. The van der Waals surface area contributed by atoms with Crippen molar-refractivity contribution in [2.24, 2.45) is 0 Å². The van der Waals surface area contributed by atoms with Crippen molar-refractivity contribution in [1.29, 1.82) is 0 Å². The van der Waals surface area contributed by atoms with Crippen molar-refractivity contribution in [3.8, 4) is 0 Å². The summed E-state index contributed by atoms with van der Waals surface area (Å²) in [4.78, 5) is 156. The number of hydrogen-bond donors (Lipinski definition) is 17. The van der Waals surface area contributed by atoms with Gasteiger partial charge < -0.3 is 78.3 Å². The lowest BCUT2D eigenvalue weighted by molar-refractivity contribution is -0.0458. The summed E-state index contributed by atoms with van der Waals surface area (Å²) in [6.45, 7) is -6.21. The summed E-state index contributed by atoms with van der Waals surface area (Å²) in [5.41, 5.74) is -10.7. The van der Waals surface area contributed by atoms with E-state index >= 15 is 0 Å². The zero-order valence-corrected chi connectivity index (χ0v) is 29.4. The third-order valence-corrected chi connectivity index (χ3v) is 20.5. The highest BCUT2D eigenvalue weighted by Gasteiger charge is 2.58. The topological polar surface area (TPSA) is 482 Å². The van der Waals surface area contributed by atoms with Crippen LogP contribution in [0, 0.1) is 0 Å². The number of nitrogens with zero attached hydrogens (tertiary/aromatic N) is 3. The molecule has 1 heterocycles. The summed E-state index contributed by atoms with van der Waals surface area (Å²) < 4.78 is 97.9. The highest BCUT2D eigenvalue weighted by atomic mass is 31.3. The molecule has 1 rings (SSSR count). The predicted molar refractivity (Wildman–Crippen MR) is 148 cm³/mol. The molecule has 0 aromatic carbocycles. The van der Waals surface area contributed by atoms with Crippen LogP contribution in [0.3, 0.4) is 0 Å². The maximum atomic E-state index is 12.3. The van der Waals surface area contributed by atoms with E-state index in [1.54, 1.807) is 0 Å². The van der Waals surface area contributed by atoms with Gasteiger partial charge in [-0.2, -0.15) is 0 Å². The fourth-order valence-electron chi connectivity index (χ4n) is 4.50. The molecular weight excluding hydrogens is 808 g/mol. The summed E-state index contributed by atoms with van der Waals surface area (Å²) in [6, 6.07) is -2.53. The van der Waals surface area contributed by atoms with E-state index in [4.69, 9.17) is 0 Å². The van der Waals surface area contributed by atoms with Crippen LogP contribution < -0.4 is 5.32 Å². The molecule has 28 nitrogen and oxygen atoms in total. The highest BCUT2D eigenvalue weighted by molar-refractivity contribution is 7.72. The fraction of sp³-hybridized carbons (Fsp3) is 1.00. The van der Waals surface area contributed by atoms with Crippen LogP contribution in [0.5, 0.6) is 0 Å². The van der Waals surface area contributed by atoms with Crippen LogP contribution in [0.15, 0.2) is 0 Å². The molecule has 1 saturated heterocycles. The lowest BCUT2D eigenvalue weighted by atomic mass is 10.2. The van der Waals surface area contributed by atoms with Crippen LogP contribution in [0.2, 0.25) is 0 Å². The Morgan fingerprint density at radius 3 is 1.02 bits per heavy atom. The molecule has 1 aliphatic rings. The van der Waals surface area contributed by atoms with Crippen molar-refractivity contribution >= 4 is 60.8 Å². The van der Waals surface area contributed by atoms with Gasteiger partial charge in [-0.3, -0.25) is 46.7 Å². The largest absolute Gasteiger partial charge is 0.356 e. The molecular formula is C10H32N4O24P8. The van der Waals surface area contributed by atoms with Crippen molar-refractivity contribution < 1.29 is 115 Å². The Hall–Kier alpha value is 1.04. The monoisotopic (exact) mass is 840 g/mol. The molecule has 0 spiro atoms. The van der Waals surface area contributed by atoms with Gasteiger partial charge in [-0.15, -0.1) is 0 Å². The number of nitrogens with one attached hydrogen (secondary N) is 1. The van der Waals surface area contributed by atoms with Gasteiger partial charge >= 0.3 is 60.8 Å². The summed E-state index contributed by atoms with van der Waals surface area (Å²) >= 11 is 0. The molecule has 0 amide bonds. The number of rotatable bonds is 12. The second kappa shape index (κ2) is 14.9. The first-order valence-electron chi connectivity index (χ1n) is 11.3. The molecule has 0 aromatic heterocycles. The number of hydrogen-bond acceptors (Lipinski definition) is 12. The van der Waals surface area contributed by atoms with Crippen LogP contribution in [-0.2, 0) is 36.5 Å². The van der Waals surface area contributed by atoms with Crippen molar-refractivity contribution in [2.75, 3.05) is 26.3 Å². The van der Waals surface area contributed by atoms with E-state index in [0.29, 0.717) is 0 Å². The van der Waals surface area contributed by atoms with Gasteiger partial charge in [0.25, 0.3) is 0 Å². The van der Waals surface area contributed by atoms with Gasteiger partial charge in [-0.1, -0.05) is 0 Å². The molecule has 276 valence electrons. The minimum Gasteiger partial charge on any atom is -0.324 e. The van der Waals surface area contributed by atoms with Gasteiger partial charge in [0.05, 0.1) is 0 Å². The maximum absolute atomic E-state index is 12.3. The Kier molecular flexibility index (Phi) is 14.6. The molecule has 0 bridgehead atoms. The maximum Gasteiger partial charge on any atom is 0.356 e. The Morgan fingerprint density at radius 2 is 0.739 bits per heavy atom. The SMILES string of the molecule is O=P(O)(O)C(C1CCN(C(P(=O)(O)O)P(=O)(O)O)N(C(P(=O)(O)O)P(=O)(O)O)CCN(C(P(=O)(O)O)P(=O)(O)O)CN1)P(=O)(O)O. The lowest BCUT2D eigenvalue weighted by Gasteiger charge is -2.46. The Labute approximate surface area is 256 Å². The van der Waals surface area contributed by atoms with Crippen LogP contribution in [0.4, 0.5) is 0 Å². The minimum absolute atomic E-state index is 0.0815. The average Bonchev–Trinajstić information content (AvgIpc) is 2.68. The molecule has 1 atom stereocenters. The van der Waals surface area contributed by atoms with E-state index in [1.807, 2.05) is 5.32 Å². The molecule has 1 aliphatic heterocycles. The molecule has 46 heavy (non-hydrogen) atoms. The Morgan fingerprint density at radius 1 is 0.435 bits per heavy atom. The van der Waals surface area contributed by atoms with E-state index in [0.717, 1.165) is 0 Å². The molecule has 17 N–H and O–H groups in total. The van der Waals surface area contributed by atoms with Crippen molar-refractivity contribution in [3.63, 3.8) is 0 Å². The van der Waals surface area contributed by atoms with Crippen LogP contribution in [-0.4, -0.2) is 148 Å². The summed E-state index contributed by atoms with van der Waals surface area (Å²) in [5, 5.41) is -2.27. The molecule has 0 saturated carbocycles. The molecule has 0 aromatic rings. The molecule has 1 unspecified atom stereocenters. The predicted octanol–water partition coefficient (Wildman–Crippen LogP) is -4.27. The first-order valence-corrected chi connectivity index (χ1v) is 24.8. The van der Waals surface area contributed by atoms with Crippen LogP contribution in [0.25, 0.3) is 0 Å².